The molecule has 0 aromatic heterocycles. The lowest BCUT2D eigenvalue weighted by molar-refractivity contribution is -0.150. The van der Waals surface area contributed by atoms with Crippen LogP contribution in [-0.4, -0.2) is 33.1 Å². The van der Waals surface area contributed by atoms with Crippen LogP contribution in [0.25, 0.3) is 0 Å². The lowest BCUT2D eigenvalue weighted by Crippen LogP contribution is -2.45. The van der Waals surface area contributed by atoms with Crippen molar-refractivity contribution in [1.29, 1.82) is 0 Å². The predicted molar refractivity (Wildman–Crippen MR) is 122 cm³/mol. The molecule has 1 N–H and O–H groups in total. The molecule has 1 aliphatic rings. The van der Waals surface area contributed by atoms with Gasteiger partial charge in [-0.2, -0.15) is 13.2 Å². The first kappa shape index (κ1) is 25.7. The first-order valence-electron chi connectivity index (χ1n) is 10.3. The molecule has 1 aliphatic heterocycles. The van der Waals surface area contributed by atoms with Gasteiger partial charge in [-0.15, -0.1) is 0 Å². The Kier molecular flexibility index (Phi) is 6.84. The molecule has 0 bridgehead atoms. The zero-order chi connectivity index (χ0) is 26.3. The van der Waals surface area contributed by atoms with E-state index in [0.29, 0.717) is 4.31 Å². The van der Waals surface area contributed by atoms with Crippen molar-refractivity contribution in [1.82, 2.24) is 0 Å². The molecule has 0 spiro atoms. The van der Waals surface area contributed by atoms with Crippen molar-refractivity contribution in [3.05, 3.63) is 82.9 Å². The third-order valence-corrected chi connectivity index (χ3v) is 7.31. The fourth-order valence-corrected chi connectivity index (χ4v) is 5.37. The minimum absolute atomic E-state index is 0.00440. The Morgan fingerprint density at radius 1 is 1.08 bits per heavy atom. The number of sulfonamides is 1. The average Bonchev–Trinajstić information content (AvgIpc) is 2.78. The summed E-state index contributed by atoms with van der Waals surface area (Å²) in [5.74, 6) is -2.72. The monoisotopic (exact) mass is 546 g/mol. The number of hydrogen-bond donors (Lipinski definition) is 1. The molecule has 3 aromatic carbocycles. The number of anilines is 2. The first-order chi connectivity index (χ1) is 16.8. The van der Waals surface area contributed by atoms with Crippen molar-refractivity contribution in [2.24, 2.45) is 0 Å². The maximum Gasteiger partial charge on any atom is 0.392 e. The van der Waals surface area contributed by atoms with E-state index >= 15 is 0 Å². The highest BCUT2D eigenvalue weighted by Gasteiger charge is 2.40. The van der Waals surface area contributed by atoms with Gasteiger partial charge in [0.05, 0.1) is 34.1 Å². The topological polar surface area (TPSA) is 75.7 Å². The molecule has 1 unspecified atom stereocenters. The highest BCUT2D eigenvalue weighted by Crippen LogP contribution is 2.41. The van der Waals surface area contributed by atoms with E-state index in [1.165, 1.54) is 24.3 Å². The second-order valence-electron chi connectivity index (χ2n) is 7.78. The van der Waals surface area contributed by atoms with E-state index in [4.69, 9.17) is 16.3 Å². The minimum atomic E-state index is -4.64. The lowest BCUT2D eigenvalue weighted by atomic mass is 10.1. The number of halogens is 6. The predicted octanol–water partition coefficient (Wildman–Crippen LogP) is 5.78. The number of benzene rings is 3. The number of amides is 1. The van der Waals surface area contributed by atoms with Crippen molar-refractivity contribution in [3.63, 3.8) is 0 Å². The van der Waals surface area contributed by atoms with Crippen molar-refractivity contribution < 1.29 is 39.9 Å². The smallest absolute Gasteiger partial charge is 0.392 e. The Morgan fingerprint density at radius 2 is 1.78 bits per heavy atom. The second-order valence-corrected chi connectivity index (χ2v) is 10.1. The molecule has 13 heteroatoms. The number of nitrogens with one attached hydrogen (secondary N) is 1. The van der Waals surface area contributed by atoms with Gasteiger partial charge in [-0.3, -0.25) is 9.10 Å². The minimum Gasteiger partial charge on any atom is -0.486 e. The summed E-state index contributed by atoms with van der Waals surface area (Å²) in [7, 11) is -4.47. The third kappa shape index (κ3) is 5.39. The van der Waals surface area contributed by atoms with E-state index in [0.717, 1.165) is 36.4 Å². The van der Waals surface area contributed by atoms with Crippen LogP contribution in [-0.2, 0) is 10.0 Å². The van der Waals surface area contributed by atoms with Crippen LogP contribution in [0.3, 0.4) is 0 Å². The number of fused-ring (bicyclic) bond motifs is 1. The molecular weight excluding hydrogens is 531 g/mol. The van der Waals surface area contributed by atoms with Gasteiger partial charge < -0.3 is 10.1 Å². The summed E-state index contributed by atoms with van der Waals surface area (Å²) in [5.41, 5.74) is -0.625. The summed E-state index contributed by atoms with van der Waals surface area (Å²) in [6.45, 7) is -0.706. The summed E-state index contributed by atoms with van der Waals surface area (Å²) in [6.07, 6.45) is -7.63. The Labute approximate surface area is 207 Å². The standard InChI is InChI=1S/C23H16ClF5N2O4S/c24-17-2-1-3-18(26)21(17)22(32)30-14-6-9-20-19(10-14)31(12-15(35-20)11-23(27,28)29)36(33,34)16-7-4-13(25)5-8-16/h1-10,15H,11-12H2,(H,30,32). The van der Waals surface area contributed by atoms with Gasteiger partial charge in [0.1, 0.15) is 23.5 Å². The normalized spacial score (nSPS) is 15.7. The highest BCUT2D eigenvalue weighted by atomic mass is 35.5. The summed E-state index contributed by atoms with van der Waals surface area (Å²) < 4.78 is 99.4. The zero-order valence-corrected chi connectivity index (χ0v) is 19.6. The maximum atomic E-state index is 14.1. The summed E-state index contributed by atoms with van der Waals surface area (Å²) >= 11 is 5.91. The van der Waals surface area contributed by atoms with Crippen LogP contribution in [0.15, 0.2) is 65.6 Å². The van der Waals surface area contributed by atoms with Gasteiger partial charge in [-0.1, -0.05) is 17.7 Å². The number of carbonyl (C=O) groups is 1. The molecule has 0 radical (unpaired) electrons. The molecule has 3 aromatic rings. The number of alkyl halides is 3. The van der Waals surface area contributed by atoms with Gasteiger partial charge in [0.25, 0.3) is 15.9 Å². The number of nitrogens with zero attached hydrogens (tertiary/aromatic N) is 1. The van der Waals surface area contributed by atoms with Gasteiger partial charge in [0, 0.05) is 5.69 Å². The molecule has 4 rings (SSSR count). The van der Waals surface area contributed by atoms with E-state index in [1.807, 2.05) is 0 Å². The fourth-order valence-electron chi connectivity index (χ4n) is 3.62. The zero-order valence-electron chi connectivity index (χ0n) is 18.0. The van der Waals surface area contributed by atoms with E-state index in [1.54, 1.807) is 0 Å². The molecule has 0 saturated carbocycles. The van der Waals surface area contributed by atoms with Crippen LogP contribution in [0.2, 0.25) is 5.02 Å². The molecule has 0 fully saturated rings. The SMILES string of the molecule is O=C(Nc1ccc2c(c1)N(S(=O)(=O)c1ccc(F)cc1)CC(CC(F)(F)F)O2)c1c(F)cccc1Cl. The van der Waals surface area contributed by atoms with Gasteiger partial charge in [-0.25, -0.2) is 17.2 Å². The quantitative estimate of drug-likeness (QED) is 0.412. The largest absolute Gasteiger partial charge is 0.486 e. The van der Waals surface area contributed by atoms with E-state index < -0.39 is 58.4 Å². The van der Waals surface area contributed by atoms with Gasteiger partial charge in [0.15, 0.2) is 0 Å². The first-order valence-corrected chi connectivity index (χ1v) is 12.1. The summed E-state index contributed by atoms with van der Waals surface area (Å²) in [6, 6.07) is 11.0. The molecular formula is C23H16ClF5N2O4S. The number of carbonyl (C=O) groups excluding carboxylic acids is 1. The number of rotatable bonds is 5. The Balaban J connectivity index is 1.73. The molecule has 0 aliphatic carbocycles. The van der Waals surface area contributed by atoms with Gasteiger partial charge >= 0.3 is 6.18 Å². The summed E-state index contributed by atoms with van der Waals surface area (Å²) in [4.78, 5) is 12.2. The van der Waals surface area contributed by atoms with E-state index in [-0.39, 0.29) is 27.0 Å². The van der Waals surface area contributed by atoms with Crippen molar-refractivity contribution in [2.75, 3.05) is 16.2 Å². The van der Waals surface area contributed by atoms with E-state index in [2.05, 4.69) is 5.32 Å². The third-order valence-electron chi connectivity index (χ3n) is 5.20. The molecule has 190 valence electrons. The van der Waals surface area contributed by atoms with Crippen LogP contribution in [0.1, 0.15) is 16.8 Å². The fraction of sp³-hybridized carbons (Fsp3) is 0.174. The molecule has 1 heterocycles. The van der Waals surface area contributed by atoms with Crippen LogP contribution in [0.5, 0.6) is 5.75 Å². The number of ether oxygens (including phenoxy) is 1. The summed E-state index contributed by atoms with van der Waals surface area (Å²) in [5, 5.41) is 2.23. The van der Waals surface area contributed by atoms with Crippen LogP contribution >= 0.6 is 11.6 Å². The molecule has 36 heavy (non-hydrogen) atoms. The highest BCUT2D eigenvalue weighted by molar-refractivity contribution is 7.92. The molecule has 1 atom stereocenters. The van der Waals surface area contributed by atoms with Crippen molar-refractivity contribution in [2.45, 2.75) is 23.6 Å². The average molecular weight is 547 g/mol. The van der Waals surface area contributed by atoms with Crippen LogP contribution in [0.4, 0.5) is 33.3 Å². The van der Waals surface area contributed by atoms with Crippen LogP contribution < -0.4 is 14.4 Å². The Bertz CT molecular complexity index is 1390. The maximum absolute atomic E-state index is 14.1. The Morgan fingerprint density at radius 3 is 2.42 bits per heavy atom. The van der Waals surface area contributed by atoms with E-state index in [9.17, 15) is 35.2 Å². The Hall–Kier alpha value is -3.38. The van der Waals surface area contributed by atoms with Crippen molar-refractivity contribution in [3.8, 4) is 5.75 Å². The molecule has 6 nitrogen and oxygen atoms in total. The van der Waals surface area contributed by atoms with Gasteiger partial charge in [-0.05, 0) is 54.6 Å². The van der Waals surface area contributed by atoms with Crippen molar-refractivity contribution >= 4 is 38.9 Å². The van der Waals surface area contributed by atoms with Gasteiger partial charge in [0.2, 0.25) is 0 Å². The lowest BCUT2D eigenvalue weighted by Gasteiger charge is -2.36. The second kappa shape index (κ2) is 9.58. The van der Waals surface area contributed by atoms with Crippen LogP contribution in [0, 0.1) is 11.6 Å². The molecule has 0 saturated heterocycles. The molecule has 1 amide bonds. The number of hydrogen-bond acceptors (Lipinski definition) is 4.